The second-order valence-corrected chi connectivity index (χ2v) is 6.58. The molecule has 1 fully saturated rings. The highest BCUT2D eigenvalue weighted by Crippen LogP contribution is 2.19. The normalized spacial score (nSPS) is 24.9. The Labute approximate surface area is 110 Å². The summed E-state index contributed by atoms with van der Waals surface area (Å²) in [4.78, 5) is 0. The van der Waals surface area contributed by atoms with Gasteiger partial charge in [0.2, 0.25) is 10.0 Å². The Morgan fingerprint density at radius 3 is 2.61 bits per heavy atom. The minimum absolute atomic E-state index is 0.0334. The summed E-state index contributed by atoms with van der Waals surface area (Å²) in [5.41, 5.74) is 5.81. The lowest BCUT2D eigenvalue weighted by molar-refractivity contribution is 0.0245. The Balaban J connectivity index is 2.03. The Kier molecular flexibility index (Phi) is 6.85. The zero-order valence-electron chi connectivity index (χ0n) is 10.8. The first-order chi connectivity index (χ1) is 8.53. The fraction of sp³-hybridized carbons (Fsp3) is 0.833. The van der Waals surface area contributed by atoms with Crippen LogP contribution >= 0.6 is 0 Å². The quantitative estimate of drug-likeness (QED) is 0.507. The molecule has 18 heavy (non-hydrogen) atoms. The number of nitrogens with two attached hydrogens (primary N) is 1. The fourth-order valence-electron chi connectivity index (χ4n) is 2.02. The molecular weight excluding hydrogens is 252 g/mol. The predicted molar refractivity (Wildman–Crippen MR) is 72.8 cm³/mol. The Morgan fingerprint density at radius 1 is 1.33 bits per heavy atom. The number of hydrogen-bond acceptors (Lipinski definition) is 4. The van der Waals surface area contributed by atoms with E-state index in [1.165, 1.54) is 6.08 Å². The maximum Gasteiger partial charge on any atom is 0.215 e. The molecule has 1 rings (SSSR count). The van der Waals surface area contributed by atoms with Gasteiger partial charge in [0, 0.05) is 19.2 Å². The van der Waals surface area contributed by atoms with E-state index in [0.717, 1.165) is 25.7 Å². The van der Waals surface area contributed by atoms with Crippen molar-refractivity contribution in [2.75, 3.05) is 18.9 Å². The van der Waals surface area contributed by atoms with Crippen LogP contribution in [-0.2, 0) is 14.8 Å². The molecule has 6 heteroatoms. The first-order valence-corrected chi connectivity index (χ1v) is 8.14. The van der Waals surface area contributed by atoms with Gasteiger partial charge >= 0.3 is 0 Å². The average Bonchev–Trinajstić information content (AvgIpc) is 2.31. The van der Waals surface area contributed by atoms with Gasteiger partial charge in [0.05, 0.1) is 11.9 Å². The number of rotatable bonds is 8. The monoisotopic (exact) mass is 276 g/mol. The summed E-state index contributed by atoms with van der Waals surface area (Å²) in [6, 6.07) is 0.329. The van der Waals surface area contributed by atoms with Crippen LogP contribution in [-0.4, -0.2) is 39.5 Å². The zero-order chi connectivity index (χ0) is 13.4. The molecule has 0 amide bonds. The van der Waals surface area contributed by atoms with E-state index in [1.807, 2.05) is 0 Å². The number of ether oxygens (including phenoxy) is 1. The topological polar surface area (TPSA) is 81.4 Å². The van der Waals surface area contributed by atoms with E-state index >= 15 is 0 Å². The van der Waals surface area contributed by atoms with E-state index < -0.39 is 10.0 Å². The van der Waals surface area contributed by atoms with Crippen molar-refractivity contribution in [2.24, 2.45) is 5.73 Å². The number of nitrogens with one attached hydrogen (secondary N) is 1. The predicted octanol–water partition coefficient (Wildman–Crippen LogP) is 0.768. The van der Waals surface area contributed by atoms with E-state index in [2.05, 4.69) is 11.3 Å². The van der Waals surface area contributed by atoms with Gasteiger partial charge in [-0.3, -0.25) is 0 Å². The molecule has 0 radical (unpaired) electrons. The molecule has 1 saturated carbocycles. The molecule has 0 atom stereocenters. The van der Waals surface area contributed by atoms with Crippen LogP contribution in [0.2, 0.25) is 0 Å². The van der Waals surface area contributed by atoms with Crippen LogP contribution in [0.5, 0.6) is 0 Å². The van der Waals surface area contributed by atoms with Crippen LogP contribution in [0.1, 0.15) is 32.1 Å². The highest BCUT2D eigenvalue weighted by atomic mass is 32.2. The highest BCUT2D eigenvalue weighted by molar-refractivity contribution is 7.89. The van der Waals surface area contributed by atoms with Crippen molar-refractivity contribution in [3.05, 3.63) is 12.7 Å². The van der Waals surface area contributed by atoms with E-state index in [1.54, 1.807) is 0 Å². The summed E-state index contributed by atoms with van der Waals surface area (Å²) in [6.45, 7) is 4.42. The largest absolute Gasteiger partial charge is 0.378 e. The summed E-state index contributed by atoms with van der Waals surface area (Å²) in [5, 5.41) is 0. The van der Waals surface area contributed by atoms with Crippen molar-refractivity contribution in [3.63, 3.8) is 0 Å². The van der Waals surface area contributed by atoms with Crippen LogP contribution in [0, 0.1) is 0 Å². The molecule has 5 nitrogen and oxygen atoms in total. The summed E-state index contributed by atoms with van der Waals surface area (Å²) in [5.74, 6) is -0.0334. The first-order valence-electron chi connectivity index (χ1n) is 6.49. The van der Waals surface area contributed by atoms with Crippen molar-refractivity contribution >= 4 is 10.0 Å². The molecule has 0 bridgehead atoms. The molecule has 1 aliphatic rings. The third-order valence-corrected chi connectivity index (χ3v) is 4.37. The molecule has 0 aromatic rings. The molecule has 1 aliphatic carbocycles. The molecule has 0 spiro atoms. The third-order valence-electron chi connectivity index (χ3n) is 3.05. The van der Waals surface area contributed by atoms with Crippen molar-refractivity contribution in [1.29, 1.82) is 0 Å². The minimum Gasteiger partial charge on any atom is -0.378 e. The summed E-state index contributed by atoms with van der Waals surface area (Å²) >= 11 is 0. The van der Waals surface area contributed by atoms with Gasteiger partial charge in [-0.1, -0.05) is 6.08 Å². The second-order valence-electron chi connectivity index (χ2n) is 4.73. The van der Waals surface area contributed by atoms with E-state index in [4.69, 9.17) is 10.5 Å². The molecular formula is C12H24N2O3S. The maximum atomic E-state index is 11.3. The van der Waals surface area contributed by atoms with Gasteiger partial charge < -0.3 is 10.5 Å². The van der Waals surface area contributed by atoms with E-state index in [9.17, 15) is 8.42 Å². The second kappa shape index (κ2) is 7.89. The van der Waals surface area contributed by atoms with Crippen LogP contribution < -0.4 is 10.5 Å². The fourth-order valence-corrected chi connectivity index (χ4v) is 2.90. The third kappa shape index (κ3) is 6.49. The zero-order valence-corrected chi connectivity index (χ0v) is 11.6. The Hall–Kier alpha value is -0.430. The minimum atomic E-state index is -3.18. The summed E-state index contributed by atoms with van der Waals surface area (Å²) in [7, 11) is -3.18. The smallest absolute Gasteiger partial charge is 0.215 e. The van der Waals surface area contributed by atoms with Crippen molar-refractivity contribution < 1.29 is 13.2 Å². The lowest BCUT2D eigenvalue weighted by Gasteiger charge is -2.26. The molecule has 0 unspecified atom stereocenters. The van der Waals surface area contributed by atoms with E-state index in [0.29, 0.717) is 31.7 Å². The Morgan fingerprint density at radius 2 is 2.00 bits per heavy atom. The van der Waals surface area contributed by atoms with Gasteiger partial charge in [0.15, 0.2) is 0 Å². The van der Waals surface area contributed by atoms with E-state index in [-0.39, 0.29) is 5.75 Å². The van der Waals surface area contributed by atoms with Crippen LogP contribution in [0.3, 0.4) is 0 Å². The highest BCUT2D eigenvalue weighted by Gasteiger charge is 2.18. The van der Waals surface area contributed by atoms with Gasteiger partial charge in [0.25, 0.3) is 0 Å². The maximum absolute atomic E-state index is 11.3. The van der Waals surface area contributed by atoms with Crippen LogP contribution in [0.25, 0.3) is 0 Å². The molecule has 0 aromatic carbocycles. The lowest BCUT2D eigenvalue weighted by atomic mass is 9.94. The number of sulfonamides is 1. The van der Waals surface area contributed by atoms with Gasteiger partial charge in [-0.25, -0.2) is 13.1 Å². The van der Waals surface area contributed by atoms with Gasteiger partial charge in [-0.2, -0.15) is 0 Å². The molecule has 3 N–H and O–H groups in total. The molecule has 106 valence electrons. The summed E-state index contributed by atoms with van der Waals surface area (Å²) < 4.78 is 30.8. The van der Waals surface area contributed by atoms with Gasteiger partial charge in [-0.15, -0.1) is 6.58 Å². The molecule has 0 heterocycles. The number of hydrogen-bond donors (Lipinski definition) is 2. The Bertz CT molecular complexity index is 335. The molecule has 0 aliphatic heterocycles. The summed E-state index contributed by atoms with van der Waals surface area (Å²) in [6.07, 6.45) is 6.46. The van der Waals surface area contributed by atoms with Crippen molar-refractivity contribution in [3.8, 4) is 0 Å². The van der Waals surface area contributed by atoms with Crippen molar-refractivity contribution in [1.82, 2.24) is 4.72 Å². The molecule has 0 aromatic heterocycles. The lowest BCUT2D eigenvalue weighted by Crippen LogP contribution is -2.31. The van der Waals surface area contributed by atoms with Crippen LogP contribution in [0.4, 0.5) is 0 Å². The first kappa shape index (κ1) is 15.6. The molecule has 0 saturated heterocycles. The standard InChI is InChI=1S/C12H24N2O3S/c1-2-10-18(15,16)14-8-3-9-17-12-6-4-11(13)5-7-12/h2,11-12,14H,1,3-10,13H2. The van der Waals surface area contributed by atoms with Crippen LogP contribution in [0.15, 0.2) is 12.7 Å². The van der Waals surface area contributed by atoms with Gasteiger partial charge in [0.1, 0.15) is 0 Å². The SMILES string of the molecule is C=CCS(=O)(=O)NCCCOC1CCC(N)CC1. The average molecular weight is 276 g/mol. The van der Waals surface area contributed by atoms with Crippen molar-refractivity contribution in [2.45, 2.75) is 44.2 Å². The van der Waals surface area contributed by atoms with Gasteiger partial charge in [-0.05, 0) is 32.1 Å².